The Labute approximate surface area is 216 Å². The molecule has 0 radical (unpaired) electrons. The molecule has 1 atom stereocenters. The number of methoxy groups -OCH3 is 1. The summed E-state index contributed by atoms with van der Waals surface area (Å²) in [5, 5.41) is 4.19. The monoisotopic (exact) mass is 522 g/mol. The van der Waals surface area contributed by atoms with Gasteiger partial charge in [-0.05, 0) is 54.7 Å². The molecule has 0 spiro atoms. The quantitative estimate of drug-likeness (QED) is 0.387. The topological polar surface area (TPSA) is 58.6 Å². The van der Waals surface area contributed by atoms with Crippen LogP contribution in [0, 0.1) is 0 Å². The van der Waals surface area contributed by atoms with E-state index in [0.29, 0.717) is 28.8 Å². The first-order valence-electron chi connectivity index (χ1n) is 11.7. The second-order valence-electron chi connectivity index (χ2n) is 8.52. The standard InChI is InChI=1S/C26H32Cl2N2O3S/c1-3-24(26(32)29-20-6-4-5-7-20)30(15-18-8-11-21(33-2)12-9-18)25(31)17-34-16-19-10-13-22(27)23(28)14-19/h8-14,20,24H,3-7,15-17H2,1-2H3,(H,29,32)/t24-/m1/s1. The van der Waals surface area contributed by atoms with Crippen LogP contribution < -0.4 is 10.1 Å². The summed E-state index contributed by atoms with van der Waals surface area (Å²) in [4.78, 5) is 28.3. The van der Waals surface area contributed by atoms with E-state index in [1.165, 1.54) is 11.8 Å². The molecule has 5 nitrogen and oxygen atoms in total. The van der Waals surface area contributed by atoms with Crippen molar-refractivity contribution in [1.82, 2.24) is 10.2 Å². The van der Waals surface area contributed by atoms with Crippen LogP contribution in [0.1, 0.15) is 50.2 Å². The SMILES string of the molecule is CC[C@H](C(=O)NC1CCCC1)N(Cc1ccc(OC)cc1)C(=O)CSCc1ccc(Cl)c(Cl)c1. The molecule has 1 fully saturated rings. The number of hydrogen-bond donors (Lipinski definition) is 1. The molecule has 0 saturated heterocycles. The third kappa shape index (κ3) is 7.56. The summed E-state index contributed by atoms with van der Waals surface area (Å²) in [6, 6.07) is 12.8. The average molecular weight is 524 g/mol. The van der Waals surface area contributed by atoms with Crippen molar-refractivity contribution in [2.75, 3.05) is 12.9 Å². The molecule has 1 aliphatic rings. The highest BCUT2D eigenvalue weighted by molar-refractivity contribution is 7.99. The van der Waals surface area contributed by atoms with E-state index < -0.39 is 6.04 Å². The Morgan fingerprint density at radius 3 is 2.38 bits per heavy atom. The predicted octanol–water partition coefficient (Wildman–Crippen LogP) is 6.10. The van der Waals surface area contributed by atoms with Crippen LogP contribution in [0.5, 0.6) is 5.75 Å². The number of rotatable bonds is 11. The van der Waals surface area contributed by atoms with Gasteiger partial charge in [0.2, 0.25) is 11.8 Å². The molecule has 34 heavy (non-hydrogen) atoms. The lowest BCUT2D eigenvalue weighted by molar-refractivity contribution is -0.139. The van der Waals surface area contributed by atoms with Crippen molar-refractivity contribution < 1.29 is 14.3 Å². The summed E-state index contributed by atoms with van der Waals surface area (Å²) in [5.41, 5.74) is 1.95. The van der Waals surface area contributed by atoms with Crippen LogP contribution in [0.3, 0.4) is 0 Å². The van der Waals surface area contributed by atoms with Gasteiger partial charge >= 0.3 is 0 Å². The van der Waals surface area contributed by atoms with Crippen LogP contribution in [-0.4, -0.2) is 41.7 Å². The maximum Gasteiger partial charge on any atom is 0.243 e. The van der Waals surface area contributed by atoms with Crippen molar-refractivity contribution in [2.45, 2.75) is 63.4 Å². The number of nitrogens with one attached hydrogen (secondary N) is 1. The van der Waals surface area contributed by atoms with E-state index in [9.17, 15) is 9.59 Å². The lowest BCUT2D eigenvalue weighted by atomic mass is 10.1. The maximum absolute atomic E-state index is 13.4. The summed E-state index contributed by atoms with van der Waals surface area (Å²) in [5.74, 6) is 1.53. The van der Waals surface area contributed by atoms with E-state index in [1.54, 1.807) is 18.1 Å². The van der Waals surface area contributed by atoms with E-state index >= 15 is 0 Å². The molecule has 0 unspecified atom stereocenters. The van der Waals surface area contributed by atoms with Crippen molar-refractivity contribution in [3.05, 3.63) is 63.6 Å². The Morgan fingerprint density at radius 1 is 1.09 bits per heavy atom. The second kappa shape index (κ2) is 13.3. The van der Waals surface area contributed by atoms with Gasteiger partial charge in [-0.1, -0.05) is 61.2 Å². The van der Waals surface area contributed by atoms with Crippen LogP contribution in [0.2, 0.25) is 10.0 Å². The minimum absolute atomic E-state index is 0.0608. The number of amides is 2. The van der Waals surface area contributed by atoms with Gasteiger partial charge in [0.15, 0.2) is 0 Å². The average Bonchev–Trinajstić information content (AvgIpc) is 3.34. The number of ether oxygens (including phenoxy) is 1. The fraction of sp³-hybridized carbons (Fsp3) is 0.462. The third-order valence-corrected chi connectivity index (χ3v) is 7.81. The fourth-order valence-electron chi connectivity index (χ4n) is 4.18. The highest BCUT2D eigenvalue weighted by Crippen LogP contribution is 2.25. The van der Waals surface area contributed by atoms with Gasteiger partial charge in [-0.15, -0.1) is 11.8 Å². The predicted molar refractivity (Wildman–Crippen MR) is 141 cm³/mol. The van der Waals surface area contributed by atoms with Gasteiger partial charge in [-0.25, -0.2) is 0 Å². The molecule has 0 bridgehead atoms. The number of thioether (sulfide) groups is 1. The van der Waals surface area contributed by atoms with E-state index in [0.717, 1.165) is 42.6 Å². The van der Waals surface area contributed by atoms with Gasteiger partial charge < -0.3 is 15.0 Å². The van der Waals surface area contributed by atoms with Gasteiger partial charge in [0.05, 0.1) is 22.9 Å². The number of hydrogen-bond acceptors (Lipinski definition) is 4. The molecule has 2 aromatic carbocycles. The molecule has 1 aliphatic carbocycles. The van der Waals surface area contributed by atoms with Gasteiger partial charge in [-0.3, -0.25) is 9.59 Å². The molecular formula is C26H32Cl2N2O3S. The fourth-order valence-corrected chi connectivity index (χ4v) is 5.36. The number of halogens is 2. The zero-order valence-corrected chi connectivity index (χ0v) is 22.0. The molecule has 184 valence electrons. The molecule has 1 N–H and O–H groups in total. The number of carbonyl (C=O) groups is 2. The van der Waals surface area contributed by atoms with Crippen molar-refractivity contribution in [2.24, 2.45) is 0 Å². The molecule has 0 heterocycles. The zero-order valence-electron chi connectivity index (χ0n) is 19.7. The van der Waals surface area contributed by atoms with Crippen molar-refractivity contribution in [3.63, 3.8) is 0 Å². The lowest BCUT2D eigenvalue weighted by Crippen LogP contribution is -2.51. The minimum Gasteiger partial charge on any atom is -0.497 e. The van der Waals surface area contributed by atoms with Crippen LogP contribution in [-0.2, 0) is 21.9 Å². The molecule has 0 aromatic heterocycles. The minimum atomic E-state index is -0.513. The highest BCUT2D eigenvalue weighted by atomic mass is 35.5. The lowest BCUT2D eigenvalue weighted by Gasteiger charge is -2.31. The van der Waals surface area contributed by atoms with Gasteiger partial charge in [-0.2, -0.15) is 0 Å². The number of nitrogens with zero attached hydrogens (tertiary/aromatic N) is 1. The Bertz CT molecular complexity index is 965. The summed E-state index contributed by atoms with van der Waals surface area (Å²) >= 11 is 13.6. The summed E-state index contributed by atoms with van der Waals surface area (Å²) in [7, 11) is 1.62. The molecule has 2 aromatic rings. The Kier molecular flexibility index (Phi) is 10.4. The Balaban J connectivity index is 1.70. The zero-order chi connectivity index (χ0) is 24.5. The van der Waals surface area contributed by atoms with E-state index in [1.807, 2.05) is 43.3 Å². The van der Waals surface area contributed by atoms with Crippen LogP contribution in [0.15, 0.2) is 42.5 Å². The second-order valence-corrected chi connectivity index (χ2v) is 10.3. The summed E-state index contributed by atoms with van der Waals surface area (Å²) in [6.07, 6.45) is 4.85. The van der Waals surface area contributed by atoms with E-state index in [4.69, 9.17) is 27.9 Å². The summed E-state index contributed by atoms with van der Waals surface area (Å²) < 4.78 is 5.25. The number of benzene rings is 2. The number of carbonyl (C=O) groups excluding carboxylic acids is 2. The van der Waals surface area contributed by atoms with Crippen LogP contribution in [0.25, 0.3) is 0 Å². The van der Waals surface area contributed by atoms with E-state index in [-0.39, 0.29) is 23.6 Å². The maximum atomic E-state index is 13.4. The largest absolute Gasteiger partial charge is 0.497 e. The molecule has 8 heteroatoms. The Morgan fingerprint density at radius 2 is 1.76 bits per heavy atom. The van der Waals surface area contributed by atoms with Crippen LogP contribution >= 0.6 is 35.0 Å². The first-order valence-corrected chi connectivity index (χ1v) is 13.6. The third-order valence-electron chi connectivity index (χ3n) is 6.08. The van der Waals surface area contributed by atoms with Gasteiger partial charge in [0, 0.05) is 18.3 Å². The molecule has 0 aliphatic heterocycles. The highest BCUT2D eigenvalue weighted by Gasteiger charge is 2.30. The Hall–Kier alpha value is -1.89. The van der Waals surface area contributed by atoms with E-state index in [2.05, 4.69) is 5.32 Å². The molecule has 1 saturated carbocycles. The summed E-state index contributed by atoms with van der Waals surface area (Å²) in [6.45, 7) is 2.32. The molecular weight excluding hydrogens is 491 g/mol. The van der Waals surface area contributed by atoms with Crippen LogP contribution in [0.4, 0.5) is 0 Å². The van der Waals surface area contributed by atoms with Gasteiger partial charge in [0.1, 0.15) is 11.8 Å². The van der Waals surface area contributed by atoms with Crippen molar-refractivity contribution >= 4 is 46.8 Å². The first kappa shape index (κ1) is 26.7. The molecule has 2 amide bonds. The van der Waals surface area contributed by atoms with Crippen molar-refractivity contribution in [1.29, 1.82) is 0 Å². The first-order chi connectivity index (χ1) is 16.4. The smallest absolute Gasteiger partial charge is 0.243 e. The normalized spacial score (nSPS) is 14.6. The van der Waals surface area contributed by atoms with Gasteiger partial charge in [0.25, 0.3) is 0 Å². The molecule has 3 rings (SSSR count). The van der Waals surface area contributed by atoms with Crippen molar-refractivity contribution in [3.8, 4) is 5.75 Å².